The molecule has 33 heavy (non-hydrogen) atoms. The van der Waals surface area contributed by atoms with E-state index < -0.39 is 15.8 Å². The Labute approximate surface area is 192 Å². The predicted molar refractivity (Wildman–Crippen MR) is 122 cm³/mol. The van der Waals surface area contributed by atoms with Gasteiger partial charge in [-0.2, -0.15) is 5.10 Å². The minimum absolute atomic E-state index is 0.0183. The van der Waals surface area contributed by atoms with Gasteiger partial charge in [-0.05, 0) is 54.1 Å². The van der Waals surface area contributed by atoms with E-state index in [-0.39, 0.29) is 15.7 Å². The summed E-state index contributed by atoms with van der Waals surface area (Å²) < 4.78 is 42.7. The first kappa shape index (κ1) is 21.0. The van der Waals surface area contributed by atoms with E-state index in [0.29, 0.717) is 5.56 Å². The van der Waals surface area contributed by atoms with Gasteiger partial charge in [0.05, 0.1) is 21.8 Å². The van der Waals surface area contributed by atoms with Gasteiger partial charge in [-0.3, -0.25) is 9.71 Å². The lowest BCUT2D eigenvalue weighted by Crippen LogP contribution is -2.13. The number of pyridine rings is 2. The maximum atomic E-state index is 13.2. The molecule has 164 valence electrons. The maximum absolute atomic E-state index is 13.2. The molecule has 5 rings (SSSR count). The lowest BCUT2D eigenvalue weighted by atomic mass is 10.0. The highest BCUT2D eigenvalue weighted by Crippen LogP contribution is 2.31. The molecule has 0 aliphatic carbocycles. The number of sulfonamides is 1. The van der Waals surface area contributed by atoms with Crippen molar-refractivity contribution in [1.82, 2.24) is 24.7 Å². The van der Waals surface area contributed by atoms with Gasteiger partial charge in [0, 0.05) is 23.3 Å². The number of nitrogens with zero attached hydrogens (tertiary/aromatic N) is 5. The summed E-state index contributed by atoms with van der Waals surface area (Å²) in [5, 5.41) is 4.99. The Morgan fingerprint density at radius 3 is 2.55 bits per heavy atom. The molecule has 0 aliphatic heterocycles. The molecule has 3 heterocycles. The van der Waals surface area contributed by atoms with E-state index in [1.54, 1.807) is 29.5 Å². The van der Waals surface area contributed by atoms with E-state index in [9.17, 15) is 12.8 Å². The Morgan fingerprint density at radius 1 is 0.970 bits per heavy atom. The lowest BCUT2D eigenvalue weighted by Gasteiger charge is -2.12. The van der Waals surface area contributed by atoms with E-state index in [1.165, 1.54) is 18.5 Å². The summed E-state index contributed by atoms with van der Waals surface area (Å²) in [4.78, 5) is 12.4. The maximum Gasteiger partial charge on any atom is 0.261 e. The first-order valence-corrected chi connectivity index (χ1v) is 11.4. The molecular weight excluding hydrogens is 467 g/mol. The summed E-state index contributed by atoms with van der Waals surface area (Å²) in [6, 6.07) is 13.5. The fourth-order valence-electron chi connectivity index (χ4n) is 3.34. The van der Waals surface area contributed by atoms with Crippen LogP contribution in [0.1, 0.15) is 0 Å². The molecular formula is C22H14ClFN6O2S. The monoisotopic (exact) mass is 480 g/mol. The summed E-state index contributed by atoms with van der Waals surface area (Å²) in [7, 11) is -3.99. The molecule has 3 aromatic heterocycles. The van der Waals surface area contributed by atoms with Crippen LogP contribution in [0.5, 0.6) is 0 Å². The van der Waals surface area contributed by atoms with Crippen molar-refractivity contribution in [1.29, 1.82) is 0 Å². The highest BCUT2D eigenvalue weighted by atomic mass is 35.5. The summed E-state index contributed by atoms with van der Waals surface area (Å²) >= 11 is 6.16. The van der Waals surface area contributed by atoms with E-state index >= 15 is 0 Å². The smallest absolute Gasteiger partial charge is 0.261 e. The summed E-state index contributed by atoms with van der Waals surface area (Å²) in [5.41, 5.74) is 3.04. The van der Waals surface area contributed by atoms with Crippen molar-refractivity contribution in [2.45, 2.75) is 4.90 Å². The molecule has 8 nitrogen and oxygen atoms in total. The fraction of sp³-hybridized carbons (Fsp3) is 0. The number of hydrogen-bond acceptors (Lipinski definition) is 6. The molecule has 0 amide bonds. The molecule has 0 spiro atoms. The second kappa shape index (κ2) is 8.23. The van der Waals surface area contributed by atoms with Crippen molar-refractivity contribution in [3.63, 3.8) is 0 Å². The van der Waals surface area contributed by atoms with Crippen LogP contribution in [0, 0.1) is 5.82 Å². The van der Waals surface area contributed by atoms with E-state index in [4.69, 9.17) is 11.6 Å². The molecule has 11 heteroatoms. The van der Waals surface area contributed by atoms with Crippen molar-refractivity contribution in [2.75, 3.05) is 4.72 Å². The largest absolute Gasteiger partial charge is 0.276 e. The Morgan fingerprint density at radius 2 is 1.79 bits per heavy atom. The Kier molecular flexibility index (Phi) is 5.23. The Hall–Kier alpha value is -3.89. The number of rotatable bonds is 5. The Bertz CT molecular complexity index is 1580. The minimum atomic E-state index is -3.99. The normalized spacial score (nSPS) is 11.6. The van der Waals surface area contributed by atoms with Gasteiger partial charge >= 0.3 is 0 Å². The van der Waals surface area contributed by atoms with Gasteiger partial charge in [-0.15, -0.1) is 0 Å². The molecule has 0 bridgehead atoms. The Balaban J connectivity index is 1.55. The van der Waals surface area contributed by atoms with E-state index in [0.717, 1.165) is 34.3 Å². The molecule has 0 unspecified atom stereocenters. The van der Waals surface area contributed by atoms with Crippen LogP contribution in [0.25, 0.3) is 27.7 Å². The first-order chi connectivity index (χ1) is 15.9. The quantitative estimate of drug-likeness (QED) is 0.372. The summed E-state index contributed by atoms with van der Waals surface area (Å²) in [6.07, 6.45) is 6.27. The topological polar surface area (TPSA) is 103 Å². The number of fused-ring (bicyclic) bond motifs is 1. The van der Waals surface area contributed by atoms with Crippen molar-refractivity contribution >= 4 is 38.2 Å². The molecule has 0 aliphatic rings. The van der Waals surface area contributed by atoms with Gasteiger partial charge in [0.15, 0.2) is 5.15 Å². The third kappa shape index (κ3) is 4.13. The molecule has 0 radical (unpaired) electrons. The zero-order chi connectivity index (χ0) is 23.0. The predicted octanol–water partition coefficient (Wildman–Crippen LogP) is 4.47. The fourth-order valence-corrected chi connectivity index (χ4v) is 4.60. The van der Waals surface area contributed by atoms with Gasteiger partial charge < -0.3 is 0 Å². The number of aromatic nitrogens is 5. The van der Waals surface area contributed by atoms with Gasteiger partial charge in [0.25, 0.3) is 10.0 Å². The van der Waals surface area contributed by atoms with Crippen molar-refractivity contribution in [2.24, 2.45) is 0 Å². The number of halogens is 2. The molecule has 0 saturated carbocycles. The number of benzene rings is 2. The number of anilines is 1. The van der Waals surface area contributed by atoms with Crippen molar-refractivity contribution < 1.29 is 12.8 Å². The molecule has 1 N–H and O–H groups in total. The second-order valence-corrected chi connectivity index (χ2v) is 9.06. The van der Waals surface area contributed by atoms with Crippen molar-refractivity contribution in [3.8, 4) is 16.8 Å². The molecule has 0 atom stereocenters. The van der Waals surface area contributed by atoms with Gasteiger partial charge in [0.2, 0.25) is 0 Å². The molecule has 2 aromatic carbocycles. The molecule has 5 aromatic rings. The lowest BCUT2D eigenvalue weighted by molar-refractivity contribution is 0.599. The summed E-state index contributed by atoms with van der Waals surface area (Å²) in [6.45, 7) is 0. The third-order valence-corrected chi connectivity index (χ3v) is 6.61. The number of hydrogen-bond donors (Lipinski definition) is 1. The van der Waals surface area contributed by atoms with Crippen LogP contribution in [0.3, 0.4) is 0 Å². The highest BCUT2D eigenvalue weighted by Gasteiger charge is 2.17. The summed E-state index contributed by atoms with van der Waals surface area (Å²) in [5.74, 6) is -0.535. The van der Waals surface area contributed by atoms with Crippen LogP contribution in [0.2, 0.25) is 5.15 Å². The van der Waals surface area contributed by atoms with Crippen LogP contribution in [-0.2, 0) is 10.0 Å². The van der Waals surface area contributed by atoms with Crippen LogP contribution in [0.15, 0.2) is 84.5 Å². The van der Waals surface area contributed by atoms with E-state index in [1.807, 2.05) is 24.3 Å². The van der Waals surface area contributed by atoms with Crippen LogP contribution in [0.4, 0.5) is 10.1 Å². The minimum Gasteiger partial charge on any atom is -0.276 e. The van der Waals surface area contributed by atoms with Gasteiger partial charge in [-0.25, -0.2) is 27.5 Å². The van der Waals surface area contributed by atoms with E-state index in [2.05, 4.69) is 24.8 Å². The third-order valence-electron chi connectivity index (χ3n) is 4.92. The average Bonchev–Trinajstić information content (AvgIpc) is 3.35. The zero-order valence-corrected chi connectivity index (χ0v) is 18.3. The van der Waals surface area contributed by atoms with Gasteiger partial charge in [0.1, 0.15) is 18.5 Å². The van der Waals surface area contributed by atoms with Crippen molar-refractivity contribution in [3.05, 3.63) is 90.6 Å². The van der Waals surface area contributed by atoms with Crippen LogP contribution in [-0.4, -0.2) is 33.2 Å². The van der Waals surface area contributed by atoms with Crippen LogP contribution < -0.4 is 4.72 Å². The number of nitrogens with one attached hydrogen (secondary N) is 1. The van der Waals surface area contributed by atoms with Gasteiger partial charge in [-0.1, -0.05) is 17.7 Å². The molecule has 0 fully saturated rings. The SMILES string of the molecule is O=S(=O)(Nc1cc(-c2ccc3nccc(-n4cncn4)c3c2)cnc1Cl)c1ccc(F)cc1. The zero-order valence-electron chi connectivity index (χ0n) is 16.7. The molecule has 0 saturated heterocycles. The highest BCUT2D eigenvalue weighted by molar-refractivity contribution is 7.92. The standard InChI is InChI=1S/C22H14ClFN6O2S/c23-22-20(29-33(31,32)17-4-2-16(24)3-5-17)10-15(11-27-22)14-1-6-19-18(9-14)21(7-8-26-19)30-13-25-12-28-30/h1-13,29H. The second-order valence-electron chi connectivity index (χ2n) is 7.02. The first-order valence-electron chi connectivity index (χ1n) is 9.59. The average molecular weight is 481 g/mol. The van der Waals surface area contributed by atoms with Crippen LogP contribution >= 0.6 is 11.6 Å².